The summed E-state index contributed by atoms with van der Waals surface area (Å²) in [6.45, 7) is 6.00. The second-order valence-corrected chi connectivity index (χ2v) is 6.80. The van der Waals surface area contributed by atoms with E-state index in [1.165, 1.54) is 4.90 Å². The van der Waals surface area contributed by atoms with Gasteiger partial charge in [-0.3, -0.25) is 9.59 Å². The molecule has 1 aromatic rings. The van der Waals surface area contributed by atoms with E-state index in [4.69, 9.17) is 16.3 Å². The topological polar surface area (TPSA) is 75.7 Å². The fourth-order valence-electron chi connectivity index (χ4n) is 3.15. The van der Waals surface area contributed by atoms with Crippen LogP contribution in [0.1, 0.15) is 45.1 Å². The molecule has 0 unspecified atom stereocenters. The zero-order valence-electron chi connectivity index (χ0n) is 15.9. The standard InChI is InChI=1S/C20H25ClN2O4/c1-4-9-22-17(24)12-23-13(3)19(20(26)27-5-2)16(11-18(23)25)14-7-6-8-15(21)10-14/h6-8,10,16H,4-5,9,11-12H2,1-3H3,(H,22,24)/t16-/m0/s1. The summed E-state index contributed by atoms with van der Waals surface area (Å²) in [5.74, 6) is -1.40. The minimum atomic E-state index is -0.480. The summed E-state index contributed by atoms with van der Waals surface area (Å²) in [6, 6.07) is 7.10. The molecule has 146 valence electrons. The molecule has 0 saturated heterocycles. The van der Waals surface area contributed by atoms with Crippen LogP contribution in [0, 0.1) is 0 Å². The van der Waals surface area contributed by atoms with Crippen molar-refractivity contribution in [3.63, 3.8) is 0 Å². The van der Waals surface area contributed by atoms with Crippen LogP contribution in [0.2, 0.25) is 5.02 Å². The summed E-state index contributed by atoms with van der Waals surface area (Å²) < 4.78 is 5.22. The molecule has 1 N–H and O–H groups in total. The number of esters is 1. The predicted molar refractivity (Wildman–Crippen MR) is 103 cm³/mol. The first-order valence-corrected chi connectivity index (χ1v) is 9.47. The Kier molecular flexibility index (Phi) is 7.42. The normalized spacial score (nSPS) is 17.1. The van der Waals surface area contributed by atoms with Crippen LogP contribution >= 0.6 is 11.6 Å². The maximum Gasteiger partial charge on any atom is 0.336 e. The van der Waals surface area contributed by atoms with Gasteiger partial charge in [-0.1, -0.05) is 30.7 Å². The first-order valence-electron chi connectivity index (χ1n) is 9.09. The summed E-state index contributed by atoms with van der Waals surface area (Å²) in [5, 5.41) is 3.28. The van der Waals surface area contributed by atoms with Gasteiger partial charge in [-0.05, 0) is 38.0 Å². The third kappa shape index (κ3) is 5.10. The number of hydrogen-bond acceptors (Lipinski definition) is 4. The second kappa shape index (κ2) is 9.55. The van der Waals surface area contributed by atoms with Crippen molar-refractivity contribution in [3.8, 4) is 0 Å². The predicted octanol–water partition coefficient (Wildman–Crippen LogP) is 3.02. The Morgan fingerprint density at radius 2 is 2.07 bits per heavy atom. The molecule has 1 aromatic carbocycles. The van der Waals surface area contributed by atoms with Gasteiger partial charge in [0, 0.05) is 29.6 Å². The Balaban J connectivity index is 2.41. The number of halogens is 1. The fraction of sp³-hybridized carbons (Fsp3) is 0.450. The average molecular weight is 393 g/mol. The van der Waals surface area contributed by atoms with Crippen molar-refractivity contribution >= 4 is 29.4 Å². The molecule has 0 fully saturated rings. The lowest BCUT2D eigenvalue weighted by atomic mass is 9.83. The second-order valence-electron chi connectivity index (χ2n) is 6.36. The molecule has 2 rings (SSSR count). The summed E-state index contributed by atoms with van der Waals surface area (Å²) >= 11 is 6.09. The molecule has 2 amide bonds. The Morgan fingerprint density at radius 1 is 1.33 bits per heavy atom. The van der Waals surface area contributed by atoms with Gasteiger partial charge in [-0.25, -0.2) is 4.79 Å². The third-order valence-corrected chi connectivity index (χ3v) is 4.68. The van der Waals surface area contributed by atoms with Gasteiger partial charge in [0.2, 0.25) is 11.8 Å². The fourth-order valence-corrected chi connectivity index (χ4v) is 3.35. The molecule has 0 spiro atoms. The number of carbonyl (C=O) groups excluding carboxylic acids is 3. The third-order valence-electron chi connectivity index (χ3n) is 4.44. The van der Waals surface area contributed by atoms with Crippen LogP contribution < -0.4 is 5.32 Å². The number of nitrogens with zero attached hydrogens (tertiary/aromatic N) is 1. The van der Waals surface area contributed by atoms with Crippen LogP contribution in [-0.4, -0.2) is 42.4 Å². The zero-order valence-corrected chi connectivity index (χ0v) is 16.6. The SMILES string of the molecule is CCCNC(=O)CN1C(=O)C[C@@H](c2cccc(Cl)c2)C(C(=O)OCC)=C1C. The van der Waals surface area contributed by atoms with Crippen LogP contribution in [-0.2, 0) is 19.1 Å². The van der Waals surface area contributed by atoms with Crippen molar-refractivity contribution in [2.45, 2.75) is 39.5 Å². The number of amides is 2. The van der Waals surface area contributed by atoms with E-state index in [0.29, 0.717) is 22.8 Å². The van der Waals surface area contributed by atoms with Crippen molar-refractivity contribution in [2.75, 3.05) is 19.7 Å². The van der Waals surface area contributed by atoms with E-state index in [9.17, 15) is 14.4 Å². The number of rotatable bonds is 7. The molecule has 0 saturated carbocycles. The monoisotopic (exact) mass is 392 g/mol. The van der Waals surface area contributed by atoms with E-state index < -0.39 is 11.9 Å². The molecular formula is C20H25ClN2O4. The van der Waals surface area contributed by atoms with Gasteiger partial charge < -0.3 is 15.0 Å². The number of carbonyl (C=O) groups is 3. The molecule has 0 aromatic heterocycles. The smallest absolute Gasteiger partial charge is 0.336 e. The van der Waals surface area contributed by atoms with Crippen molar-refractivity contribution in [1.82, 2.24) is 10.2 Å². The zero-order chi connectivity index (χ0) is 20.0. The Hall–Kier alpha value is -2.34. The van der Waals surface area contributed by atoms with Crippen LogP contribution in [0.15, 0.2) is 35.5 Å². The van der Waals surface area contributed by atoms with Gasteiger partial charge in [0.1, 0.15) is 6.54 Å². The number of benzene rings is 1. The molecule has 7 heteroatoms. The molecule has 1 atom stereocenters. The molecule has 1 aliphatic rings. The number of nitrogens with one attached hydrogen (secondary N) is 1. The maximum atomic E-state index is 12.7. The summed E-state index contributed by atoms with van der Waals surface area (Å²) in [7, 11) is 0. The average Bonchev–Trinajstić information content (AvgIpc) is 2.63. The first-order chi connectivity index (χ1) is 12.9. The van der Waals surface area contributed by atoms with Gasteiger partial charge in [0.05, 0.1) is 12.2 Å². The highest BCUT2D eigenvalue weighted by molar-refractivity contribution is 6.30. The molecule has 0 bridgehead atoms. The van der Waals surface area contributed by atoms with Crippen molar-refractivity contribution in [3.05, 3.63) is 46.1 Å². The molecule has 1 aliphatic heterocycles. The molecule has 6 nitrogen and oxygen atoms in total. The Morgan fingerprint density at radius 3 is 2.70 bits per heavy atom. The van der Waals surface area contributed by atoms with Gasteiger partial charge >= 0.3 is 5.97 Å². The highest BCUT2D eigenvalue weighted by Crippen LogP contribution is 2.37. The Bertz CT molecular complexity index is 760. The van der Waals surface area contributed by atoms with E-state index in [2.05, 4.69) is 5.32 Å². The quantitative estimate of drug-likeness (QED) is 0.724. The van der Waals surface area contributed by atoms with E-state index in [1.807, 2.05) is 13.0 Å². The maximum absolute atomic E-state index is 12.7. The summed E-state index contributed by atoms with van der Waals surface area (Å²) in [4.78, 5) is 38.8. The minimum absolute atomic E-state index is 0.0763. The lowest BCUT2D eigenvalue weighted by Crippen LogP contribution is -2.44. The number of allylic oxidation sites excluding steroid dienone is 1. The Labute approximate surface area is 164 Å². The largest absolute Gasteiger partial charge is 0.463 e. The van der Waals surface area contributed by atoms with Gasteiger partial charge in [-0.15, -0.1) is 0 Å². The van der Waals surface area contributed by atoms with E-state index in [1.54, 1.807) is 32.0 Å². The summed E-state index contributed by atoms with van der Waals surface area (Å²) in [5.41, 5.74) is 1.61. The van der Waals surface area contributed by atoms with Crippen LogP contribution in [0.5, 0.6) is 0 Å². The van der Waals surface area contributed by atoms with Gasteiger partial charge in [0.25, 0.3) is 0 Å². The molecule has 27 heavy (non-hydrogen) atoms. The van der Waals surface area contributed by atoms with E-state index >= 15 is 0 Å². The summed E-state index contributed by atoms with van der Waals surface area (Å²) in [6.07, 6.45) is 0.881. The molecule has 0 radical (unpaired) electrons. The van der Waals surface area contributed by atoms with Crippen molar-refractivity contribution < 1.29 is 19.1 Å². The van der Waals surface area contributed by atoms with Crippen molar-refractivity contribution in [1.29, 1.82) is 0 Å². The van der Waals surface area contributed by atoms with Crippen LogP contribution in [0.25, 0.3) is 0 Å². The van der Waals surface area contributed by atoms with Gasteiger partial charge in [-0.2, -0.15) is 0 Å². The van der Waals surface area contributed by atoms with Gasteiger partial charge in [0.15, 0.2) is 0 Å². The number of ether oxygens (including phenoxy) is 1. The lowest BCUT2D eigenvalue weighted by Gasteiger charge is -2.34. The van der Waals surface area contributed by atoms with E-state index in [0.717, 1.165) is 12.0 Å². The molecule has 1 heterocycles. The van der Waals surface area contributed by atoms with Crippen LogP contribution in [0.4, 0.5) is 0 Å². The molecular weight excluding hydrogens is 368 g/mol. The van der Waals surface area contributed by atoms with Crippen LogP contribution in [0.3, 0.4) is 0 Å². The number of hydrogen-bond donors (Lipinski definition) is 1. The van der Waals surface area contributed by atoms with Crippen molar-refractivity contribution in [2.24, 2.45) is 0 Å². The van der Waals surface area contributed by atoms with E-state index in [-0.39, 0.29) is 31.4 Å². The lowest BCUT2D eigenvalue weighted by molar-refractivity contribution is -0.141. The highest BCUT2D eigenvalue weighted by Gasteiger charge is 2.37. The molecule has 0 aliphatic carbocycles. The highest BCUT2D eigenvalue weighted by atomic mass is 35.5. The minimum Gasteiger partial charge on any atom is -0.463 e. The first kappa shape index (κ1) is 21.0.